The zero-order chi connectivity index (χ0) is 11.3. The second-order valence-corrected chi connectivity index (χ2v) is 3.77. The smallest absolute Gasteiger partial charge is 0.305 e. The van der Waals surface area contributed by atoms with Crippen molar-refractivity contribution in [1.29, 1.82) is 0 Å². The summed E-state index contributed by atoms with van der Waals surface area (Å²) in [6.45, 7) is 5.24. The Labute approximate surface area is 90.0 Å². The van der Waals surface area contributed by atoms with Crippen LogP contribution in [0.1, 0.15) is 26.3 Å². The van der Waals surface area contributed by atoms with Gasteiger partial charge in [-0.1, -0.05) is 30.3 Å². The number of rotatable bonds is 4. The highest BCUT2D eigenvalue weighted by Crippen LogP contribution is 2.14. The quantitative estimate of drug-likeness (QED) is 0.563. The molecule has 0 bridgehead atoms. The molecule has 0 heterocycles. The zero-order valence-corrected chi connectivity index (χ0v) is 9.32. The number of ether oxygens (including phenoxy) is 2. The van der Waals surface area contributed by atoms with Gasteiger partial charge in [0.15, 0.2) is 0 Å². The van der Waals surface area contributed by atoms with E-state index in [-0.39, 0.29) is 5.97 Å². The Morgan fingerprint density at radius 3 is 2.40 bits per heavy atom. The van der Waals surface area contributed by atoms with Crippen LogP contribution >= 0.6 is 0 Å². The highest BCUT2D eigenvalue weighted by atomic mass is 16.7. The molecule has 0 aliphatic rings. The number of hydrogen-bond acceptors (Lipinski definition) is 3. The molecular formula is C12H16O3. The van der Waals surface area contributed by atoms with Crippen LogP contribution in [-0.4, -0.2) is 11.8 Å². The number of hydrogen-bond donors (Lipinski definition) is 0. The topological polar surface area (TPSA) is 35.5 Å². The summed E-state index contributed by atoms with van der Waals surface area (Å²) in [6.07, 6.45) is 0. The van der Waals surface area contributed by atoms with Gasteiger partial charge in [0.25, 0.3) is 0 Å². The summed E-state index contributed by atoms with van der Waals surface area (Å²) in [5.41, 5.74) is 1.05. The summed E-state index contributed by atoms with van der Waals surface area (Å²) in [5.74, 6) is -1.21. The Morgan fingerprint density at radius 1 is 1.27 bits per heavy atom. The highest BCUT2D eigenvalue weighted by Gasteiger charge is 2.21. The Kier molecular flexibility index (Phi) is 3.86. The highest BCUT2D eigenvalue weighted by molar-refractivity contribution is 5.66. The van der Waals surface area contributed by atoms with Crippen LogP contribution < -0.4 is 0 Å². The molecule has 0 spiro atoms. The summed E-state index contributed by atoms with van der Waals surface area (Å²) < 4.78 is 10.5. The minimum atomic E-state index is -0.873. The van der Waals surface area contributed by atoms with Crippen LogP contribution in [0.15, 0.2) is 30.3 Å². The van der Waals surface area contributed by atoms with Crippen LogP contribution in [0.4, 0.5) is 0 Å². The van der Waals surface area contributed by atoms with Gasteiger partial charge < -0.3 is 9.47 Å². The van der Waals surface area contributed by atoms with Gasteiger partial charge in [-0.25, -0.2) is 0 Å². The van der Waals surface area contributed by atoms with E-state index in [0.717, 1.165) is 5.56 Å². The molecule has 0 unspecified atom stereocenters. The second kappa shape index (κ2) is 4.94. The summed E-state index contributed by atoms with van der Waals surface area (Å²) in [7, 11) is 0. The average molecular weight is 208 g/mol. The van der Waals surface area contributed by atoms with Crippen LogP contribution in [0.5, 0.6) is 0 Å². The first kappa shape index (κ1) is 11.7. The number of benzene rings is 1. The molecule has 3 nitrogen and oxygen atoms in total. The largest absolute Gasteiger partial charge is 0.434 e. The zero-order valence-electron chi connectivity index (χ0n) is 9.32. The molecule has 0 aromatic heterocycles. The van der Waals surface area contributed by atoms with E-state index in [1.165, 1.54) is 6.92 Å². The fraction of sp³-hybridized carbons (Fsp3) is 0.417. The fourth-order valence-corrected chi connectivity index (χ4v) is 1.21. The first-order valence-corrected chi connectivity index (χ1v) is 4.87. The molecule has 0 saturated heterocycles. The van der Waals surface area contributed by atoms with Gasteiger partial charge in [-0.3, -0.25) is 4.79 Å². The third-order valence-corrected chi connectivity index (χ3v) is 1.82. The molecule has 0 radical (unpaired) electrons. The standard InChI is InChI=1S/C12H16O3/c1-10(13)15-12(2,3)14-9-11-7-5-4-6-8-11/h4-8H,9H2,1-3H3. The monoisotopic (exact) mass is 208 g/mol. The van der Waals surface area contributed by atoms with Gasteiger partial charge in [-0.15, -0.1) is 0 Å². The van der Waals surface area contributed by atoms with Gasteiger partial charge in [0, 0.05) is 20.8 Å². The number of carbonyl (C=O) groups excluding carboxylic acids is 1. The minimum Gasteiger partial charge on any atom is -0.434 e. The fourth-order valence-electron chi connectivity index (χ4n) is 1.21. The molecule has 1 aromatic carbocycles. The maximum Gasteiger partial charge on any atom is 0.305 e. The van der Waals surface area contributed by atoms with Crippen LogP contribution in [0.3, 0.4) is 0 Å². The summed E-state index contributed by atoms with van der Waals surface area (Å²) in [6, 6.07) is 9.75. The average Bonchev–Trinajstić information content (AvgIpc) is 2.15. The maximum absolute atomic E-state index is 10.8. The predicted octanol–water partition coefficient (Wildman–Crippen LogP) is 2.50. The SMILES string of the molecule is CC(=O)OC(C)(C)OCc1ccccc1. The lowest BCUT2D eigenvalue weighted by Crippen LogP contribution is -2.30. The minimum absolute atomic E-state index is 0.340. The van der Waals surface area contributed by atoms with Crippen LogP contribution in [0.25, 0.3) is 0 Å². The first-order valence-electron chi connectivity index (χ1n) is 4.87. The molecule has 0 saturated carbocycles. The lowest BCUT2D eigenvalue weighted by Gasteiger charge is -2.24. The summed E-state index contributed by atoms with van der Waals surface area (Å²) in [4.78, 5) is 10.8. The lowest BCUT2D eigenvalue weighted by atomic mass is 10.2. The molecule has 0 fully saturated rings. The van der Waals surface area contributed by atoms with Crippen molar-refractivity contribution in [3.05, 3.63) is 35.9 Å². The summed E-state index contributed by atoms with van der Waals surface area (Å²) >= 11 is 0. The van der Waals surface area contributed by atoms with Crippen molar-refractivity contribution >= 4 is 5.97 Å². The van der Waals surface area contributed by atoms with Gasteiger partial charge in [-0.2, -0.15) is 0 Å². The Morgan fingerprint density at radius 2 is 1.87 bits per heavy atom. The Balaban J connectivity index is 2.46. The second-order valence-electron chi connectivity index (χ2n) is 3.77. The molecule has 15 heavy (non-hydrogen) atoms. The van der Waals surface area contributed by atoms with E-state index < -0.39 is 5.79 Å². The van der Waals surface area contributed by atoms with Crippen molar-refractivity contribution in [3.8, 4) is 0 Å². The third kappa shape index (κ3) is 4.61. The van der Waals surface area contributed by atoms with E-state index in [2.05, 4.69) is 0 Å². The Hall–Kier alpha value is -1.35. The lowest BCUT2D eigenvalue weighted by molar-refractivity contribution is -0.218. The van der Waals surface area contributed by atoms with E-state index in [1.807, 2.05) is 30.3 Å². The number of carbonyl (C=O) groups is 1. The van der Waals surface area contributed by atoms with Crippen molar-refractivity contribution in [2.45, 2.75) is 33.2 Å². The van der Waals surface area contributed by atoms with Gasteiger partial charge in [0.1, 0.15) is 0 Å². The van der Waals surface area contributed by atoms with Crippen LogP contribution in [-0.2, 0) is 20.9 Å². The Bertz CT molecular complexity index is 317. The third-order valence-electron chi connectivity index (χ3n) is 1.82. The van der Waals surface area contributed by atoms with E-state index in [4.69, 9.17) is 9.47 Å². The summed E-state index contributed by atoms with van der Waals surface area (Å²) in [5, 5.41) is 0. The molecule has 0 aliphatic heterocycles. The van der Waals surface area contributed by atoms with Crippen molar-refractivity contribution in [2.75, 3.05) is 0 Å². The molecule has 0 N–H and O–H groups in total. The van der Waals surface area contributed by atoms with Crippen molar-refractivity contribution in [3.63, 3.8) is 0 Å². The molecule has 1 rings (SSSR count). The van der Waals surface area contributed by atoms with E-state index in [0.29, 0.717) is 6.61 Å². The predicted molar refractivity (Wildman–Crippen MR) is 57.1 cm³/mol. The van der Waals surface area contributed by atoms with Crippen LogP contribution in [0.2, 0.25) is 0 Å². The molecule has 0 atom stereocenters. The molecule has 1 aromatic rings. The molecular weight excluding hydrogens is 192 g/mol. The van der Waals surface area contributed by atoms with Gasteiger partial charge in [-0.05, 0) is 5.56 Å². The normalized spacial score (nSPS) is 11.1. The maximum atomic E-state index is 10.8. The van der Waals surface area contributed by atoms with E-state index in [9.17, 15) is 4.79 Å². The molecule has 0 aliphatic carbocycles. The van der Waals surface area contributed by atoms with Crippen LogP contribution in [0, 0.1) is 0 Å². The van der Waals surface area contributed by atoms with Gasteiger partial charge >= 0.3 is 5.97 Å². The number of esters is 1. The first-order chi connectivity index (χ1) is 6.99. The molecule has 82 valence electrons. The van der Waals surface area contributed by atoms with Crippen molar-refractivity contribution < 1.29 is 14.3 Å². The van der Waals surface area contributed by atoms with Gasteiger partial charge in [0.05, 0.1) is 6.61 Å². The van der Waals surface area contributed by atoms with E-state index in [1.54, 1.807) is 13.8 Å². The van der Waals surface area contributed by atoms with Crippen molar-refractivity contribution in [1.82, 2.24) is 0 Å². The molecule has 3 heteroatoms. The molecule has 0 amide bonds. The van der Waals surface area contributed by atoms with E-state index >= 15 is 0 Å². The van der Waals surface area contributed by atoms with Gasteiger partial charge in [0.2, 0.25) is 5.79 Å². The van der Waals surface area contributed by atoms with Crippen molar-refractivity contribution in [2.24, 2.45) is 0 Å².